The Hall–Kier alpha value is -1.65. The van der Waals surface area contributed by atoms with E-state index < -0.39 is 11.5 Å². The number of carboxylic acids is 1. The third-order valence-corrected chi connectivity index (χ3v) is 3.26. The molecule has 2 atom stereocenters. The van der Waals surface area contributed by atoms with Crippen molar-refractivity contribution in [2.45, 2.75) is 32.1 Å². The van der Waals surface area contributed by atoms with Crippen LogP contribution < -0.4 is 5.56 Å². The van der Waals surface area contributed by atoms with Gasteiger partial charge in [-0.1, -0.05) is 13.3 Å². The fourth-order valence-electron chi connectivity index (χ4n) is 2.30. The lowest BCUT2D eigenvalue weighted by Gasteiger charge is -2.13. The van der Waals surface area contributed by atoms with Gasteiger partial charge < -0.3 is 10.1 Å². The summed E-state index contributed by atoms with van der Waals surface area (Å²) in [7, 11) is 0. The fourth-order valence-corrected chi connectivity index (χ4v) is 2.30. The predicted octanol–water partition coefficient (Wildman–Crippen LogP) is 1.37. The summed E-state index contributed by atoms with van der Waals surface area (Å²) in [6, 6.07) is 0. The van der Waals surface area contributed by atoms with Crippen LogP contribution in [0.4, 0.5) is 0 Å². The van der Waals surface area contributed by atoms with E-state index in [2.05, 4.69) is 16.9 Å². The lowest BCUT2D eigenvalue weighted by molar-refractivity contribution is 0.0694. The molecule has 86 valence electrons. The summed E-state index contributed by atoms with van der Waals surface area (Å²) in [4.78, 5) is 28.8. The quantitative estimate of drug-likeness (QED) is 0.791. The summed E-state index contributed by atoms with van der Waals surface area (Å²) >= 11 is 0. The minimum atomic E-state index is -1.24. The summed E-state index contributed by atoms with van der Waals surface area (Å²) < 4.78 is 0. The van der Waals surface area contributed by atoms with Gasteiger partial charge in [0.2, 0.25) is 0 Å². The second-order valence-electron chi connectivity index (χ2n) is 4.33. The highest BCUT2D eigenvalue weighted by molar-refractivity contribution is 5.86. The smallest absolute Gasteiger partial charge is 0.342 e. The molecular weight excluding hydrogens is 208 g/mol. The number of hydrogen-bond acceptors (Lipinski definition) is 3. The molecule has 2 unspecified atom stereocenters. The Morgan fingerprint density at radius 3 is 2.81 bits per heavy atom. The maximum Gasteiger partial charge on any atom is 0.342 e. The number of rotatable bonds is 2. The van der Waals surface area contributed by atoms with E-state index in [4.69, 9.17) is 5.11 Å². The first kappa shape index (κ1) is 10.9. The first-order valence-corrected chi connectivity index (χ1v) is 5.42. The van der Waals surface area contributed by atoms with Crippen LogP contribution in [-0.4, -0.2) is 21.0 Å². The molecule has 0 saturated heterocycles. The van der Waals surface area contributed by atoms with Crippen LogP contribution in [0.15, 0.2) is 11.0 Å². The molecule has 1 aliphatic rings. The number of H-pyrrole nitrogens is 1. The van der Waals surface area contributed by atoms with Gasteiger partial charge in [0.15, 0.2) is 0 Å². The van der Waals surface area contributed by atoms with Gasteiger partial charge in [0, 0.05) is 12.1 Å². The highest BCUT2D eigenvalue weighted by Crippen LogP contribution is 2.36. The van der Waals surface area contributed by atoms with E-state index in [1.54, 1.807) is 0 Å². The van der Waals surface area contributed by atoms with Gasteiger partial charge >= 0.3 is 5.97 Å². The van der Waals surface area contributed by atoms with E-state index in [0.717, 1.165) is 25.5 Å². The molecule has 0 aromatic carbocycles. The van der Waals surface area contributed by atoms with Crippen molar-refractivity contribution in [3.8, 4) is 0 Å². The van der Waals surface area contributed by atoms with Crippen molar-refractivity contribution in [1.29, 1.82) is 0 Å². The summed E-state index contributed by atoms with van der Waals surface area (Å²) in [5.41, 5.74) is -0.856. The van der Waals surface area contributed by atoms with Gasteiger partial charge in [-0.2, -0.15) is 0 Å². The van der Waals surface area contributed by atoms with Crippen LogP contribution >= 0.6 is 0 Å². The third-order valence-electron chi connectivity index (χ3n) is 3.26. The Bertz CT molecular complexity index is 467. The second kappa shape index (κ2) is 4.08. The monoisotopic (exact) mass is 222 g/mol. The van der Waals surface area contributed by atoms with Crippen LogP contribution in [0.2, 0.25) is 0 Å². The molecule has 0 aliphatic heterocycles. The first-order chi connectivity index (χ1) is 7.59. The van der Waals surface area contributed by atoms with Gasteiger partial charge in [0.25, 0.3) is 5.56 Å². The standard InChI is InChI=1S/C11H14N2O3/c1-6-3-2-4-7(6)9-12-5-8(11(15)16)10(14)13-9/h5-7H,2-4H2,1H3,(H,15,16)(H,12,13,14). The van der Waals surface area contributed by atoms with Crippen molar-refractivity contribution in [2.75, 3.05) is 0 Å². The van der Waals surface area contributed by atoms with Crippen molar-refractivity contribution in [2.24, 2.45) is 5.92 Å². The number of hydrogen-bond donors (Lipinski definition) is 2. The number of nitrogens with zero attached hydrogens (tertiary/aromatic N) is 1. The van der Waals surface area contributed by atoms with E-state index in [0.29, 0.717) is 11.7 Å². The van der Waals surface area contributed by atoms with E-state index in [1.807, 2.05) is 0 Å². The number of aromatic nitrogens is 2. The molecule has 0 amide bonds. The molecule has 5 nitrogen and oxygen atoms in total. The average molecular weight is 222 g/mol. The maximum atomic E-state index is 11.5. The van der Waals surface area contributed by atoms with Gasteiger partial charge in [0.1, 0.15) is 11.4 Å². The zero-order chi connectivity index (χ0) is 11.7. The molecule has 1 fully saturated rings. The van der Waals surface area contributed by atoms with Crippen molar-refractivity contribution < 1.29 is 9.90 Å². The van der Waals surface area contributed by atoms with Gasteiger partial charge in [-0.3, -0.25) is 4.79 Å². The Morgan fingerprint density at radius 1 is 1.56 bits per heavy atom. The van der Waals surface area contributed by atoms with Crippen LogP contribution in [0.5, 0.6) is 0 Å². The average Bonchev–Trinajstić information content (AvgIpc) is 2.63. The zero-order valence-electron chi connectivity index (χ0n) is 9.06. The number of nitrogens with one attached hydrogen (secondary N) is 1. The van der Waals surface area contributed by atoms with Crippen molar-refractivity contribution in [3.63, 3.8) is 0 Å². The van der Waals surface area contributed by atoms with Crippen LogP contribution in [0, 0.1) is 5.92 Å². The number of carboxylic acid groups (broad SMARTS) is 1. The number of carbonyl (C=O) groups is 1. The molecule has 0 bridgehead atoms. The Balaban J connectivity index is 2.34. The van der Waals surface area contributed by atoms with Crippen LogP contribution in [0.3, 0.4) is 0 Å². The molecular formula is C11H14N2O3. The van der Waals surface area contributed by atoms with Gasteiger partial charge in [-0.15, -0.1) is 0 Å². The van der Waals surface area contributed by atoms with Crippen molar-refractivity contribution in [3.05, 3.63) is 27.9 Å². The Morgan fingerprint density at radius 2 is 2.31 bits per heavy atom. The number of aromatic carboxylic acids is 1. The molecule has 1 heterocycles. The van der Waals surface area contributed by atoms with E-state index in [-0.39, 0.29) is 11.5 Å². The highest BCUT2D eigenvalue weighted by atomic mass is 16.4. The third kappa shape index (κ3) is 1.85. The molecule has 1 aliphatic carbocycles. The fraction of sp³-hybridized carbons (Fsp3) is 0.545. The molecule has 1 aromatic rings. The van der Waals surface area contributed by atoms with Crippen LogP contribution in [-0.2, 0) is 0 Å². The van der Waals surface area contributed by atoms with E-state index in [9.17, 15) is 9.59 Å². The zero-order valence-corrected chi connectivity index (χ0v) is 9.06. The second-order valence-corrected chi connectivity index (χ2v) is 4.33. The normalized spacial score (nSPS) is 24.6. The highest BCUT2D eigenvalue weighted by Gasteiger charge is 2.27. The van der Waals surface area contributed by atoms with E-state index in [1.165, 1.54) is 0 Å². The van der Waals surface area contributed by atoms with E-state index >= 15 is 0 Å². The molecule has 5 heteroatoms. The SMILES string of the molecule is CC1CCCC1c1ncc(C(=O)O)c(=O)[nH]1. The summed E-state index contributed by atoms with van der Waals surface area (Å²) in [5.74, 6) is 0.147. The Kier molecular flexibility index (Phi) is 2.77. The minimum Gasteiger partial charge on any atom is -0.477 e. The molecule has 0 radical (unpaired) electrons. The van der Waals surface area contributed by atoms with Gasteiger partial charge in [0.05, 0.1) is 0 Å². The van der Waals surface area contributed by atoms with Crippen LogP contribution in [0.1, 0.15) is 48.3 Å². The summed E-state index contributed by atoms with van der Waals surface area (Å²) in [5, 5.41) is 8.71. The summed E-state index contributed by atoms with van der Waals surface area (Å²) in [6.07, 6.45) is 4.43. The maximum absolute atomic E-state index is 11.5. The first-order valence-electron chi connectivity index (χ1n) is 5.42. The molecule has 0 spiro atoms. The molecule has 2 rings (SSSR count). The Labute approximate surface area is 92.5 Å². The van der Waals surface area contributed by atoms with Gasteiger partial charge in [-0.25, -0.2) is 9.78 Å². The number of aromatic amines is 1. The minimum absolute atomic E-state index is 0.260. The lowest BCUT2D eigenvalue weighted by atomic mass is 9.97. The topological polar surface area (TPSA) is 83.0 Å². The molecule has 16 heavy (non-hydrogen) atoms. The lowest BCUT2D eigenvalue weighted by Crippen LogP contribution is -2.22. The van der Waals surface area contributed by atoms with Crippen molar-refractivity contribution in [1.82, 2.24) is 9.97 Å². The molecule has 1 aromatic heterocycles. The largest absolute Gasteiger partial charge is 0.477 e. The van der Waals surface area contributed by atoms with Crippen molar-refractivity contribution >= 4 is 5.97 Å². The molecule has 1 saturated carbocycles. The predicted molar refractivity (Wildman–Crippen MR) is 57.6 cm³/mol. The van der Waals surface area contributed by atoms with Gasteiger partial charge in [-0.05, 0) is 18.8 Å². The molecule has 2 N–H and O–H groups in total. The summed E-state index contributed by atoms with van der Waals surface area (Å²) in [6.45, 7) is 2.13. The van der Waals surface area contributed by atoms with Crippen LogP contribution in [0.25, 0.3) is 0 Å².